The molecule has 88 heavy (non-hydrogen) atoms. The summed E-state index contributed by atoms with van der Waals surface area (Å²) in [4.78, 5) is 167. The van der Waals surface area contributed by atoms with Crippen LogP contribution in [0.15, 0.2) is 9.98 Å². The fourth-order valence-corrected chi connectivity index (χ4v) is 11.1. The van der Waals surface area contributed by atoms with Crippen LogP contribution in [0.1, 0.15) is 159 Å². The van der Waals surface area contributed by atoms with Gasteiger partial charge in [-0.05, 0) is 128 Å². The highest BCUT2D eigenvalue weighted by Crippen LogP contribution is 2.28. The van der Waals surface area contributed by atoms with E-state index in [0.29, 0.717) is 45.1 Å². The predicted molar refractivity (Wildman–Crippen MR) is 330 cm³/mol. The Morgan fingerprint density at radius 3 is 1.55 bits per heavy atom. The summed E-state index contributed by atoms with van der Waals surface area (Å²) in [6, 6.07) is -11.7. The van der Waals surface area contributed by atoms with Crippen molar-refractivity contribution in [2.45, 2.75) is 225 Å². The third-order valence-electron chi connectivity index (χ3n) is 15.8. The number of primary amides is 1. The highest BCUT2D eigenvalue weighted by atomic mass is 16.3. The van der Waals surface area contributed by atoms with Crippen LogP contribution < -0.4 is 66.3 Å². The van der Waals surface area contributed by atoms with Crippen LogP contribution in [-0.2, 0) is 52.7 Å². The second-order valence-electron chi connectivity index (χ2n) is 24.8. The summed E-state index contributed by atoms with van der Waals surface area (Å²) in [5.41, 5.74) is 33.6. The Labute approximate surface area is 517 Å². The van der Waals surface area contributed by atoms with Gasteiger partial charge in [-0.1, -0.05) is 41.5 Å². The van der Waals surface area contributed by atoms with Crippen LogP contribution in [0.2, 0.25) is 0 Å². The first-order valence-corrected chi connectivity index (χ1v) is 31.2. The van der Waals surface area contributed by atoms with Gasteiger partial charge in [0.1, 0.15) is 54.4 Å². The zero-order chi connectivity index (χ0) is 66.1. The molecule has 19 N–H and O–H groups in total. The predicted octanol–water partition coefficient (Wildman–Crippen LogP) is -3.04. The zero-order valence-electron chi connectivity index (χ0n) is 53.2. The summed E-state index contributed by atoms with van der Waals surface area (Å²) in [7, 11) is 0. The number of nitrogens with one attached hydrogen (secondary N) is 6. The van der Waals surface area contributed by atoms with Gasteiger partial charge in [-0.2, -0.15) is 0 Å². The fraction of sp³-hybridized carbons (Fsp3) is 0.776. The molecule has 11 amide bonds. The zero-order valence-corrected chi connectivity index (χ0v) is 53.2. The third kappa shape index (κ3) is 23.6. The van der Waals surface area contributed by atoms with Gasteiger partial charge in [-0.15, -0.1) is 0 Å². The Hall–Kier alpha value is -7.37. The fourth-order valence-electron chi connectivity index (χ4n) is 11.1. The lowest BCUT2D eigenvalue weighted by molar-refractivity contribution is -0.154. The minimum atomic E-state index is -1.45. The van der Waals surface area contributed by atoms with E-state index in [2.05, 4.69) is 41.9 Å². The maximum absolute atomic E-state index is 14.9. The number of aliphatic hydroxyl groups is 1. The standard InChI is InChI=1S/C58H104N18O12/c1-32(2)29-39(70-50(82)41(31-77)72-52(84)46(60)34(5)6)49(81)67-36(9)47(79)68-37(17-12-23-65-57(61)62)48(80)69-38(18-13-24-66-58(63)64)53(85)74-27-14-20-42(74)51(83)71-40(30-33(3)4)54(86)75-28-15-21-44(75)56(88)76-25-11-10-19-43(76)55(87)73(35(7)8)26-16-22-45(59)78/h32-44,46,77H,10-31,60H2,1-9H3,(H2,59,78)(H,67,81)(H,68,79)(H,69,80)(H,70,82)(H,71,83)(H,72,84)(H4,61,62,65)(H4,63,64,66)/t36-,37-,38-,39-,40-,41-,42-,43-,44-,46-/m0/s1. The molecule has 3 aliphatic rings. The van der Waals surface area contributed by atoms with E-state index in [9.17, 15) is 57.8 Å². The van der Waals surface area contributed by atoms with E-state index in [1.54, 1.807) is 37.5 Å². The quantitative estimate of drug-likeness (QED) is 0.0170. The van der Waals surface area contributed by atoms with Crippen molar-refractivity contribution in [1.29, 1.82) is 0 Å². The van der Waals surface area contributed by atoms with E-state index in [4.69, 9.17) is 34.4 Å². The molecule has 3 rings (SSSR count). The third-order valence-corrected chi connectivity index (χ3v) is 15.8. The summed E-state index contributed by atoms with van der Waals surface area (Å²) < 4.78 is 0. The number of hydrogen-bond donors (Lipinski definition) is 13. The Morgan fingerprint density at radius 1 is 0.523 bits per heavy atom. The number of nitrogens with two attached hydrogens (primary N) is 6. The molecule has 0 saturated carbocycles. The average molecular weight is 1250 g/mol. The number of aliphatic hydroxyl groups excluding tert-OH is 1. The first-order chi connectivity index (χ1) is 41.4. The molecule has 0 spiro atoms. The van der Waals surface area contributed by atoms with Crippen LogP contribution in [0, 0.1) is 17.8 Å². The van der Waals surface area contributed by atoms with Gasteiger partial charge in [0.05, 0.1) is 12.6 Å². The maximum atomic E-state index is 14.9. The molecule has 498 valence electrons. The molecular weight excluding hydrogens is 1140 g/mol. The molecule has 0 radical (unpaired) electrons. The first-order valence-electron chi connectivity index (χ1n) is 31.2. The largest absolute Gasteiger partial charge is 0.394 e. The van der Waals surface area contributed by atoms with Crippen LogP contribution in [-0.4, -0.2) is 214 Å². The second kappa shape index (κ2) is 36.8. The Balaban J connectivity index is 1.88. The molecule has 0 aromatic rings. The van der Waals surface area contributed by atoms with Crippen molar-refractivity contribution in [3.63, 3.8) is 0 Å². The van der Waals surface area contributed by atoms with Gasteiger partial charge in [0.25, 0.3) is 0 Å². The Kier molecular flexibility index (Phi) is 31.3. The van der Waals surface area contributed by atoms with Crippen molar-refractivity contribution in [1.82, 2.24) is 51.5 Å². The molecule has 0 unspecified atom stereocenters. The van der Waals surface area contributed by atoms with E-state index in [1.807, 2.05) is 27.7 Å². The number of carbonyl (C=O) groups is 11. The Bertz CT molecular complexity index is 2450. The number of aliphatic imine (C=N–C) groups is 2. The SMILES string of the molecule is CC(C)C[C@H](NC(=O)[C@H](CO)NC(=O)[C@@H](N)C(C)C)C(=O)N[C@@H](C)C(=O)N[C@@H](CCCN=C(N)N)C(=O)N[C@@H](CCCN=C(N)N)C(=O)N1CCC[C@H]1C(=O)N[C@@H](CC(C)C)C(=O)N1CCC[C@H]1C(=O)N1CCCC[C@H]1C(=O)N(CCCC(N)=O)C(C)C. The van der Waals surface area contributed by atoms with Crippen LogP contribution >= 0.6 is 0 Å². The average Bonchev–Trinajstić information content (AvgIpc) is 1.59. The first kappa shape index (κ1) is 74.9. The molecule has 3 aliphatic heterocycles. The van der Waals surface area contributed by atoms with Crippen molar-refractivity contribution in [3.8, 4) is 0 Å². The second-order valence-corrected chi connectivity index (χ2v) is 24.8. The van der Waals surface area contributed by atoms with Gasteiger partial charge in [0.2, 0.25) is 65.0 Å². The Morgan fingerprint density at radius 2 is 1.00 bits per heavy atom. The summed E-state index contributed by atoms with van der Waals surface area (Å²) in [6.07, 6.45) is 4.26. The van der Waals surface area contributed by atoms with E-state index in [-0.39, 0.29) is 132 Å². The van der Waals surface area contributed by atoms with Crippen molar-refractivity contribution < 1.29 is 57.8 Å². The summed E-state index contributed by atoms with van der Waals surface area (Å²) >= 11 is 0. The van der Waals surface area contributed by atoms with Crippen LogP contribution in [0.3, 0.4) is 0 Å². The number of hydrogen-bond acceptors (Lipinski definition) is 15. The molecule has 0 bridgehead atoms. The molecule has 30 nitrogen and oxygen atoms in total. The molecule has 0 aromatic heterocycles. The highest BCUT2D eigenvalue weighted by molar-refractivity contribution is 5.99. The number of likely N-dealkylation sites (tertiary alicyclic amines) is 3. The normalized spacial score (nSPS) is 19.1. The maximum Gasteiger partial charge on any atom is 0.246 e. The summed E-state index contributed by atoms with van der Waals surface area (Å²) in [5, 5.41) is 25.9. The van der Waals surface area contributed by atoms with Crippen LogP contribution in [0.5, 0.6) is 0 Å². The smallest absolute Gasteiger partial charge is 0.246 e. The molecule has 3 heterocycles. The summed E-state index contributed by atoms with van der Waals surface area (Å²) in [6.45, 7) is 16.1. The minimum absolute atomic E-state index is 0.0330. The number of nitrogens with zero attached hydrogens (tertiary/aromatic N) is 6. The topological polar surface area (TPSA) is 474 Å². The number of amides is 11. The van der Waals surface area contributed by atoms with Gasteiger partial charge in [-0.3, -0.25) is 62.7 Å². The van der Waals surface area contributed by atoms with E-state index >= 15 is 0 Å². The minimum Gasteiger partial charge on any atom is -0.394 e. The molecule has 0 aliphatic carbocycles. The highest BCUT2D eigenvalue weighted by Gasteiger charge is 2.46. The van der Waals surface area contributed by atoms with E-state index in [0.717, 1.165) is 6.42 Å². The number of piperidine rings is 1. The molecule has 0 aromatic carbocycles. The van der Waals surface area contributed by atoms with E-state index in [1.165, 1.54) is 16.7 Å². The van der Waals surface area contributed by atoms with Gasteiger partial charge < -0.3 is 91.0 Å². The van der Waals surface area contributed by atoms with Crippen LogP contribution in [0.4, 0.5) is 0 Å². The van der Waals surface area contributed by atoms with Crippen molar-refractivity contribution in [3.05, 3.63) is 0 Å². The monoisotopic (exact) mass is 1240 g/mol. The molecule has 3 saturated heterocycles. The molecule has 3 fully saturated rings. The van der Waals surface area contributed by atoms with E-state index < -0.39 is 120 Å². The van der Waals surface area contributed by atoms with Crippen LogP contribution in [0.25, 0.3) is 0 Å². The lowest BCUT2D eigenvalue weighted by Crippen LogP contribution is -2.61. The summed E-state index contributed by atoms with van der Waals surface area (Å²) in [5.74, 6) is -7.76. The van der Waals surface area contributed by atoms with Crippen molar-refractivity contribution in [2.24, 2.45) is 62.1 Å². The van der Waals surface area contributed by atoms with Crippen molar-refractivity contribution >= 4 is 76.9 Å². The van der Waals surface area contributed by atoms with Gasteiger partial charge in [-0.25, -0.2) is 0 Å². The lowest BCUT2D eigenvalue weighted by Gasteiger charge is -2.41. The van der Waals surface area contributed by atoms with Gasteiger partial charge in [0.15, 0.2) is 11.9 Å². The molecular formula is C58H104N18O12. The van der Waals surface area contributed by atoms with Gasteiger partial charge >= 0.3 is 0 Å². The molecule has 10 atom stereocenters. The number of guanidine groups is 2. The molecule has 30 heteroatoms. The number of carbonyl (C=O) groups excluding carboxylic acids is 11. The lowest BCUT2D eigenvalue weighted by atomic mass is 9.98. The van der Waals surface area contributed by atoms with Crippen molar-refractivity contribution in [2.75, 3.05) is 45.9 Å². The number of rotatable bonds is 35. The van der Waals surface area contributed by atoms with Gasteiger partial charge in [0, 0.05) is 51.7 Å².